The zero-order valence-electron chi connectivity index (χ0n) is 30.4. The van der Waals surface area contributed by atoms with E-state index in [4.69, 9.17) is 0 Å². The largest absolute Gasteiger partial charge is 0.756 e. The van der Waals surface area contributed by atoms with Crippen LogP contribution in [0.2, 0.25) is 0 Å². The Balaban J connectivity index is 0.000000333. The van der Waals surface area contributed by atoms with Crippen LogP contribution in [-0.2, 0) is 35.5 Å². The molecule has 0 unspecified atom stereocenters. The van der Waals surface area contributed by atoms with Crippen LogP contribution < -0.4 is 42.5 Å². The molecule has 5 rings (SSSR count). The number of rotatable bonds is 0. The summed E-state index contributed by atoms with van der Waals surface area (Å²) >= 11 is 0. The Hall–Kier alpha value is -2.68. The summed E-state index contributed by atoms with van der Waals surface area (Å²) in [4.78, 5) is 42.2. The Morgan fingerprint density at radius 1 is 0.346 bits per heavy atom. The van der Waals surface area contributed by atoms with Crippen LogP contribution in [0.1, 0.15) is 44.5 Å². The predicted octanol–water partition coefficient (Wildman–Crippen LogP) is 2.65. The van der Waals surface area contributed by atoms with Crippen molar-refractivity contribution in [3.05, 3.63) is 117 Å². The molecule has 0 spiro atoms. The summed E-state index contributed by atoms with van der Waals surface area (Å²) in [6.45, 7) is 16.8. The number of phosphoric acid groups is 4. The van der Waals surface area contributed by atoms with E-state index in [-0.39, 0.29) is 0 Å². The summed E-state index contributed by atoms with van der Waals surface area (Å²) in [6, 6.07) is 24.9. The first-order chi connectivity index (χ1) is 23.6. The number of hydrogen-bond donors (Lipinski definition) is 4. The van der Waals surface area contributed by atoms with Crippen LogP contribution in [0.3, 0.4) is 0 Å². The maximum absolute atomic E-state index is 10.6. The molecule has 0 radical (unpaired) electrons. The first kappa shape index (κ1) is 47.3. The van der Waals surface area contributed by atoms with Crippen LogP contribution >= 0.6 is 31.3 Å². The zero-order chi connectivity index (χ0) is 40.2. The molecule has 1 aliphatic rings. The van der Waals surface area contributed by atoms with Gasteiger partial charge < -0.3 is 42.5 Å². The molecular formula is C32H48N4O12P4. The second-order valence-electron chi connectivity index (χ2n) is 11.8. The van der Waals surface area contributed by atoms with Gasteiger partial charge in [0.05, 0.1) is 0 Å². The highest BCUT2D eigenvalue weighted by atomic mass is 31.3. The van der Waals surface area contributed by atoms with E-state index in [1.54, 1.807) is 0 Å². The first-order valence-electron chi connectivity index (χ1n) is 15.3. The van der Waals surface area contributed by atoms with Crippen molar-refractivity contribution in [2.75, 3.05) is 0 Å². The van der Waals surface area contributed by atoms with Crippen molar-refractivity contribution in [3.8, 4) is 0 Å². The quantitative estimate of drug-likeness (QED) is 0.187. The van der Waals surface area contributed by atoms with Gasteiger partial charge in [0.2, 0.25) is 0 Å². The van der Waals surface area contributed by atoms with Crippen molar-refractivity contribution in [3.63, 3.8) is 0 Å². The van der Waals surface area contributed by atoms with E-state index in [0.29, 0.717) is 0 Å². The highest BCUT2D eigenvalue weighted by molar-refractivity contribution is 7.73. The number of aryl methyl sites for hydroxylation is 8. The fourth-order valence-corrected chi connectivity index (χ4v) is 9.23. The van der Waals surface area contributed by atoms with Gasteiger partial charge in [0.25, 0.3) is 31.3 Å². The van der Waals surface area contributed by atoms with Gasteiger partial charge in [-0.05, 0) is 124 Å². The van der Waals surface area contributed by atoms with Crippen LogP contribution in [0.5, 0.6) is 0 Å². The number of hydrogen-bond acceptors (Lipinski definition) is 12. The van der Waals surface area contributed by atoms with Gasteiger partial charge in [-0.2, -0.15) is 0 Å². The molecule has 16 nitrogen and oxygen atoms in total. The van der Waals surface area contributed by atoms with Gasteiger partial charge in [-0.3, -0.25) is 18.3 Å². The molecular weight excluding hydrogens is 756 g/mol. The van der Waals surface area contributed by atoms with Crippen molar-refractivity contribution in [1.82, 2.24) is 0 Å². The summed E-state index contributed by atoms with van der Waals surface area (Å²) in [5.41, 5.74) is 30.3. The Morgan fingerprint density at radius 2 is 0.500 bits per heavy atom. The average molecular weight is 805 g/mol. The molecule has 0 bridgehead atoms. The van der Waals surface area contributed by atoms with Crippen molar-refractivity contribution < 1.29 is 78.0 Å². The van der Waals surface area contributed by atoms with Gasteiger partial charge in [-0.1, -0.05) is 24.3 Å². The van der Waals surface area contributed by atoms with Crippen LogP contribution in [0.4, 0.5) is 22.7 Å². The van der Waals surface area contributed by atoms with Gasteiger partial charge in [-0.15, -0.1) is 0 Å². The highest BCUT2D eigenvalue weighted by Gasteiger charge is 2.35. The molecule has 0 amide bonds. The minimum absolute atomic E-state index is 1.10. The van der Waals surface area contributed by atoms with Crippen LogP contribution in [0.25, 0.3) is 0 Å². The molecule has 1 saturated heterocycles. The van der Waals surface area contributed by atoms with Crippen LogP contribution in [-0.4, -0.2) is 0 Å². The SMILES string of the molecule is Cc1ccc([NH3+])cc1C.Cc1ccc([NH3+])cc1C.Cc1ccc([NH3+])cc1C.Cc1ccc([NH3+])cc1C.O=P1([O-])OP(=O)([O-])OP(=O)([O-])OP(=O)([O-])O1. The van der Waals surface area contributed by atoms with E-state index in [1.165, 1.54) is 44.5 Å². The van der Waals surface area contributed by atoms with Gasteiger partial charge in [0.1, 0.15) is 22.7 Å². The topological polar surface area (TPSA) is 308 Å². The lowest BCUT2D eigenvalue weighted by atomic mass is 10.1. The van der Waals surface area contributed by atoms with Gasteiger partial charge in [-0.25, -0.2) is 17.2 Å². The fourth-order valence-electron chi connectivity index (χ4n) is 3.76. The summed E-state index contributed by atoms with van der Waals surface area (Å²) in [6.07, 6.45) is 0. The fraction of sp³-hybridized carbons (Fsp3) is 0.250. The van der Waals surface area contributed by atoms with Gasteiger partial charge in [0, 0.05) is 24.3 Å². The lowest BCUT2D eigenvalue weighted by Gasteiger charge is -2.41. The van der Waals surface area contributed by atoms with Crippen molar-refractivity contribution in [2.45, 2.75) is 55.4 Å². The van der Waals surface area contributed by atoms with Crippen molar-refractivity contribution in [2.24, 2.45) is 0 Å². The molecule has 0 atom stereocenters. The minimum Gasteiger partial charge on any atom is -0.756 e. The van der Waals surface area contributed by atoms with E-state index in [9.17, 15) is 37.8 Å². The molecule has 20 heteroatoms. The molecule has 0 aromatic heterocycles. The second kappa shape index (κ2) is 20.1. The minimum atomic E-state index is -5.87. The molecule has 52 heavy (non-hydrogen) atoms. The maximum Gasteiger partial charge on any atom is 0.280 e. The summed E-state index contributed by atoms with van der Waals surface area (Å²) in [5.74, 6) is 0. The monoisotopic (exact) mass is 804 g/mol. The predicted molar refractivity (Wildman–Crippen MR) is 189 cm³/mol. The number of benzene rings is 4. The molecule has 288 valence electrons. The zero-order valence-corrected chi connectivity index (χ0v) is 34.0. The van der Waals surface area contributed by atoms with E-state index in [1.807, 2.05) is 24.3 Å². The summed E-state index contributed by atoms with van der Waals surface area (Å²) in [5, 5.41) is 0. The van der Waals surface area contributed by atoms with E-state index < -0.39 is 31.3 Å². The molecule has 0 saturated carbocycles. The summed E-state index contributed by atoms with van der Waals surface area (Å²) in [7, 11) is -23.5. The standard InChI is InChI=1S/4C8H11N.H4O12P4/c4*1-6-3-4-8(9)5-7(6)2;1-13(2)9-14(3,4)11-16(7,8)12-15(5,6)10-13/h4*3-5H,9H2,1-2H3;(H,1,2)(H,3,4)(H,5,6)(H,7,8). The normalized spacial score (nSPS) is 23.7. The Labute approximate surface area is 304 Å². The smallest absolute Gasteiger partial charge is 0.280 e. The second-order valence-corrected chi connectivity index (χ2v) is 18.0. The van der Waals surface area contributed by atoms with E-state index in [0.717, 1.165) is 22.7 Å². The van der Waals surface area contributed by atoms with Gasteiger partial charge >= 0.3 is 0 Å². The lowest BCUT2D eigenvalue weighted by molar-refractivity contribution is -0.265. The Kier molecular flexibility index (Phi) is 18.3. The van der Waals surface area contributed by atoms with Crippen LogP contribution in [0, 0.1) is 55.4 Å². The molecule has 4 aromatic rings. The molecule has 1 aliphatic heterocycles. The third-order valence-electron chi connectivity index (χ3n) is 7.09. The van der Waals surface area contributed by atoms with E-state index in [2.05, 4.69) is 144 Å². The van der Waals surface area contributed by atoms with Crippen molar-refractivity contribution >= 4 is 54.0 Å². The molecule has 12 N–H and O–H groups in total. The number of quaternary nitrogens is 4. The molecule has 1 heterocycles. The Bertz CT molecular complexity index is 1720. The third-order valence-corrected chi connectivity index (χ3v) is 13.5. The average Bonchev–Trinajstić information content (AvgIpc) is 2.96. The van der Waals surface area contributed by atoms with E-state index >= 15 is 0 Å². The third kappa shape index (κ3) is 18.9. The van der Waals surface area contributed by atoms with Crippen LogP contribution in [0.15, 0.2) is 72.8 Å². The molecule has 1 fully saturated rings. The van der Waals surface area contributed by atoms with Crippen molar-refractivity contribution in [1.29, 1.82) is 0 Å². The molecule has 0 aliphatic carbocycles. The lowest BCUT2D eigenvalue weighted by Crippen LogP contribution is -2.40. The van der Waals surface area contributed by atoms with Gasteiger partial charge in [0.15, 0.2) is 0 Å². The molecule has 4 aromatic carbocycles. The first-order valence-corrected chi connectivity index (χ1v) is 21.1. The maximum atomic E-state index is 10.6. The highest BCUT2D eigenvalue weighted by Crippen LogP contribution is 2.73. The summed E-state index contributed by atoms with van der Waals surface area (Å²) < 4.78 is 54.5. The Morgan fingerprint density at radius 3 is 0.615 bits per heavy atom.